The first-order valence-electron chi connectivity index (χ1n) is 3.99. The Labute approximate surface area is 82.8 Å². The number of ether oxygens (including phenoxy) is 1. The second kappa shape index (κ2) is 5.19. The lowest BCUT2D eigenvalue weighted by molar-refractivity contribution is 0.167. The Balaban J connectivity index is 2.84. The van der Waals surface area contributed by atoms with E-state index in [1.807, 2.05) is 24.3 Å². The zero-order chi connectivity index (χ0) is 9.68. The van der Waals surface area contributed by atoms with Crippen LogP contribution in [0.4, 0.5) is 0 Å². The zero-order valence-corrected chi connectivity index (χ0v) is 8.21. The number of nitrogens with one attached hydrogen (secondary N) is 1. The summed E-state index contributed by atoms with van der Waals surface area (Å²) in [6.45, 7) is 0.500. The second-order valence-electron chi connectivity index (χ2n) is 2.70. The molecule has 4 heteroatoms. The van der Waals surface area contributed by atoms with Gasteiger partial charge >= 0.3 is 0 Å². The van der Waals surface area contributed by atoms with Gasteiger partial charge in [0.05, 0.1) is 12.6 Å². The summed E-state index contributed by atoms with van der Waals surface area (Å²) in [6.07, 6.45) is 0. The number of benzene rings is 1. The number of methoxy groups -OCH3 is 1. The monoisotopic (exact) mass is 200 g/mol. The van der Waals surface area contributed by atoms with Gasteiger partial charge in [0.25, 0.3) is 0 Å². The first kappa shape index (κ1) is 10.5. The Morgan fingerprint density at radius 1 is 1.54 bits per heavy atom. The highest BCUT2D eigenvalue weighted by Crippen LogP contribution is 2.21. The molecule has 0 saturated heterocycles. The fourth-order valence-corrected chi connectivity index (χ4v) is 1.42. The summed E-state index contributed by atoms with van der Waals surface area (Å²) < 4.78 is 5.00. The fraction of sp³-hybridized carbons (Fsp3) is 0.333. The van der Waals surface area contributed by atoms with Gasteiger partial charge in [-0.15, -0.1) is 0 Å². The Kier molecular flexibility index (Phi) is 4.18. The molecule has 0 aromatic heterocycles. The van der Waals surface area contributed by atoms with Crippen molar-refractivity contribution in [2.45, 2.75) is 6.04 Å². The van der Waals surface area contributed by atoms with Gasteiger partial charge in [0.2, 0.25) is 0 Å². The van der Waals surface area contributed by atoms with E-state index in [2.05, 4.69) is 5.43 Å². The third-order valence-corrected chi connectivity index (χ3v) is 2.16. The first-order chi connectivity index (χ1) is 6.29. The van der Waals surface area contributed by atoms with E-state index in [1.165, 1.54) is 0 Å². The summed E-state index contributed by atoms with van der Waals surface area (Å²) in [5.74, 6) is 5.37. The normalized spacial score (nSPS) is 12.8. The molecular formula is C9H13ClN2O. The van der Waals surface area contributed by atoms with Gasteiger partial charge in [-0.1, -0.05) is 29.8 Å². The number of halogens is 1. The summed E-state index contributed by atoms with van der Waals surface area (Å²) in [4.78, 5) is 0. The predicted molar refractivity (Wildman–Crippen MR) is 53.4 cm³/mol. The lowest BCUT2D eigenvalue weighted by atomic mass is 10.1. The number of hydrazine groups is 1. The fourth-order valence-electron chi connectivity index (χ4n) is 1.15. The van der Waals surface area contributed by atoms with Crippen LogP contribution in [-0.2, 0) is 4.74 Å². The van der Waals surface area contributed by atoms with Gasteiger partial charge in [-0.2, -0.15) is 0 Å². The van der Waals surface area contributed by atoms with Crippen molar-refractivity contribution in [2.75, 3.05) is 13.7 Å². The Hall–Kier alpha value is -0.610. The number of nitrogens with two attached hydrogens (primary N) is 1. The molecule has 0 fully saturated rings. The van der Waals surface area contributed by atoms with Crippen molar-refractivity contribution in [3.05, 3.63) is 34.9 Å². The molecule has 0 aliphatic rings. The molecule has 0 aliphatic heterocycles. The van der Waals surface area contributed by atoms with Gasteiger partial charge in [-0.25, -0.2) is 0 Å². The molecule has 0 radical (unpaired) electrons. The summed E-state index contributed by atoms with van der Waals surface area (Å²) in [5.41, 5.74) is 3.60. The van der Waals surface area contributed by atoms with Crippen molar-refractivity contribution in [3.63, 3.8) is 0 Å². The zero-order valence-electron chi connectivity index (χ0n) is 7.46. The predicted octanol–water partition coefficient (Wildman–Crippen LogP) is 1.49. The van der Waals surface area contributed by atoms with E-state index >= 15 is 0 Å². The van der Waals surface area contributed by atoms with Crippen LogP contribution in [0.2, 0.25) is 5.02 Å². The molecule has 1 aromatic carbocycles. The second-order valence-corrected chi connectivity index (χ2v) is 3.10. The van der Waals surface area contributed by atoms with E-state index in [4.69, 9.17) is 22.2 Å². The lowest BCUT2D eigenvalue weighted by Crippen LogP contribution is -2.31. The average molecular weight is 201 g/mol. The number of rotatable bonds is 4. The summed E-state index contributed by atoms with van der Waals surface area (Å²) in [6, 6.07) is 7.50. The van der Waals surface area contributed by atoms with Crippen molar-refractivity contribution in [1.29, 1.82) is 0 Å². The minimum Gasteiger partial charge on any atom is -0.383 e. The van der Waals surface area contributed by atoms with Gasteiger partial charge < -0.3 is 4.74 Å². The Morgan fingerprint density at radius 2 is 2.23 bits per heavy atom. The molecule has 1 aromatic rings. The van der Waals surface area contributed by atoms with Crippen LogP contribution in [-0.4, -0.2) is 13.7 Å². The van der Waals surface area contributed by atoms with E-state index in [-0.39, 0.29) is 6.04 Å². The Bertz CT molecular complexity index is 268. The summed E-state index contributed by atoms with van der Waals surface area (Å²) in [7, 11) is 1.63. The van der Waals surface area contributed by atoms with Crippen LogP contribution in [0.1, 0.15) is 11.6 Å². The van der Waals surface area contributed by atoms with Crippen LogP contribution in [0.15, 0.2) is 24.3 Å². The molecule has 72 valence electrons. The number of hydrogen-bond donors (Lipinski definition) is 2. The summed E-state index contributed by atoms with van der Waals surface area (Å²) >= 11 is 5.98. The maximum atomic E-state index is 5.98. The van der Waals surface area contributed by atoms with Crippen molar-refractivity contribution in [2.24, 2.45) is 5.84 Å². The molecular weight excluding hydrogens is 188 g/mol. The minimum absolute atomic E-state index is 0.0568. The van der Waals surface area contributed by atoms with E-state index in [1.54, 1.807) is 7.11 Å². The maximum absolute atomic E-state index is 5.98. The lowest BCUT2D eigenvalue weighted by Gasteiger charge is -2.16. The number of hydrogen-bond acceptors (Lipinski definition) is 3. The van der Waals surface area contributed by atoms with E-state index < -0.39 is 0 Å². The van der Waals surface area contributed by atoms with Crippen molar-refractivity contribution < 1.29 is 4.74 Å². The van der Waals surface area contributed by atoms with Crippen molar-refractivity contribution in [1.82, 2.24) is 5.43 Å². The van der Waals surface area contributed by atoms with E-state index in [0.29, 0.717) is 11.6 Å². The van der Waals surface area contributed by atoms with Gasteiger partial charge in [0.1, 0.15) is 0 Å². The first-order valence-corrected chi connectivity index (χ1v) is 4.37. The standard InChI is InChI=1S/C9H13ClN2O/c1-13-6-9(12-11)7-4-2-3-5-8(7)10/h2-5,9,12H,6,11H2,1H3. The highest BCUT2D eigenvalue weighted by molar-refractivity contribution is 6.31. The van der Waals surface area contributed by atoms with Crippen molar-refractivity contribution >= 4 is 11.6 Å². The molecule has 0 spiro atoms. The van der Waals surface area contributed by atoms with E-state index in [0.717, 1.165) is 5.56 Å². The largest absolute Gasteiger partial charge is 0.383 e. The smallest absolute Gasteiger partial charge is 0.0708 e. The molecule has 3 nitrogen and oxygen atoms in total. The van der Waals surface area contributed by atoms with Gasteiger partial charge in [0.15, 0.2) is 0 Å². The van der Waals surface area contributed by atoms with E-state index in [9.17, 15) is 0 Å². The molecule has 1 atom stereocenters. The molecule has 13 heavy (non-hydrogen) atoms. The Morgan fingerprint density at radius 3 is 2.77 bits per heavy atom. The molecule has 0 bridgehead atoms. The average Bonchev–Trinajstić information content (AvgIpc) is 2.16. The van der Waals surface area contributed by atoms with Crippen LogP contribution < -0.4 is 11.3 Å². The summed E-state index contributed by atoms with van der Waals surface area (Å²) in [5, 5.41) is 0.697. The maximum Gasteiger partial charge on any atom is 0.0708 e. The molecule has 0 heterocycles. The quantitative estimate of drug-likeness (QED) is 0.572. The van der Waals surface area contributed by atoms with Crippen LogP contribution in [0.25, 0.3) is 0 Å². The molecule has 0 amide bonds. The van der Waals surface area contributed by atoms with Crippen LogP contribution in [0, 0.1) is 0 Å². The molecule has 0 aliphatic carbocycles. The molecule has 1 rings (SSSR count). The van der Waals surface area contributed by atoms with Crippen molar-refractivity contribution in [3.8, 4) is 0 Å². The SMILES string of the molecule is COCC(NN)c1ccccc1Cl. The molecule has 1 unspecified atom stereocenters. The van der Waals surface area contributed by atoms with Crippen LogP contribution in [0.3, 0.4) is 0 Å². The minimum atomic E-state index is -0.0568. The van der Waals surface area contributed by atoms with Gasteiger partial charge in [-0.05, 0) is 11.6 Å². The third-order valence-electron chi connectivity index (χ3n) is 1.82. The molecule has 3 N–H and O–H groups in total. The topological polar surface area (TPSA) is 47.3 Å². The van der Waals surface area contributed by atoms with Gasteiger partial charge in [0, 0.05) is 12.1 Å². The molecule has 0 saturated carbocycles. The highest BCUT2D eigenvalue weighted by Gasteiger charge is 2.11. The highest BCUT2D eigenvalue weighted by atomic mass is 35.5. The third kappa shape index (κ3) is 2.67. The van der Waals surface area contributed by atoms with Gasteiger partial charge in [-0.3, -0.25) is 11.3 Å². The van der Waals surface area contributed by atoms with Crippen LogP contribution in [0.5, 0.6) is 0 Å². The van der Waals surface area contributed by atoms with Crippen LogP contribution >= 0.6 is 11.6 Å².